The first-order valence-corrected chi connectivity index (χ1v) is 8.17. The number of rotatable bonds is 4. The summed E-state index contributed by atoms with van der Waals surface area (Å²) >= 11 is 0. The monoisotopic (exact) mass is 359 g/mol. The quantitative estimate of drug-likeness (QED) is 0.866. The molecule has 4 rings (SSSR count). The largest absolute Gasteiger partial charge is 0.484 e. The van der Waals surface area contributed by atoms with Crippen LogP contribution >= 0.6 is 0 Å². The Hall–Kier alpha value is -3.23. The van der Waals surface area contributed by atoms with Crippen molar-refractivity contribution in [1.29, 1.82) is 0 Å². The molecule has 0 radical (unpaired) electrons. The maximum Gasteiger partial charge on any atom is 0.276 e. The summed E-state index contributed by atoms with van der Waals surface area (Å²) in [4.78, 5) is 29.9. The van der Waals surface area contributed by atoms with Gasteiger partial charge < -0.3 is 28.8 Å². The molecule has 2 amide bonds. The van der Waals surface area contributed by atoms with Crippen molar-refractivity contribution >= 4 is 11.8 Å². The number of fused-ring (bicyclic) bond motifs is 1. The highest BCUT2D eigenvalue weighted by Crippen LogP contribution is 2.35. The van der Waals surface area contributed by atoms with Crippen molar-refractivity contribution in [3.8, 4) is 17.2 Å². The fourth-order valence-corrected chi connectivity index (χ4v) is 2.79. The topological polar surface area (TPSA) is 103 Å². The molecule has 0 saturated carbocycles. The lowest BCUT2D eigenvalue weighted by Gasteiger charge is -2.32. The maximum absolute atomic E-state index is 12.5. The molecule has 2 aromatic rings. The molecule has 136 valence electrons. The highest BCUT2D eigenvalue weighted by atomic mass is 16.7. The zero-order valence-electron chi connectivity index (χ0n) is 14.1. The summed E-state index contributed by atoms with van der Waals surface area (Å²) in [7, 11) is 0. The van der Waals surface area contributed by atoms with Gasteiger partial charge in [0.05, 0.1) is 0 Å². The number of amides is 2. The van der Waals surface area contributed by atoms with Gasteiger partial charge >= 0.3 is 0 Å². The summed E-state index contributed by atoms with van der Waals surface area (Å²) in [5.74, 6) is 1.59. The van der Waals surface area contributed by atoms with Crippen LogP contribution in [0, 0.1) is 0 Å². The van der Waals surface area contributed by atoms with E-state index in [1.54, 1.807) is 25.1 Å². The standard InChI is InChI=1S/C17H17N3O6/c1-10-16(21)18-4-5-20(10)17(22)12-7-24-15(19-12)8-23-11-2-3-13-14(6-11)26-9-25-13/h2-3,6-7,10H,4-5,8-9H2,1H3,(H,18,21)/t10-/m1/s1. The van der Waals surface area contributed by atoms with Gasteiger partial charge in [-0.2, -0.15) is 0 Å². The Morgan fingerprint density at radius 1 is 1.38 bits per heavy atom. The molecule has 2 aliphatic heterocycles. The summed E-state index contributed by atoms with van der Waals surface area (Å²) < 4.78 is 21.5. The zero-order chi connectivity index (χ0) is 18.1. The fraction of sp³-hybridized carbons (Fsp3) is 0.353. The number of nitrogens with one attached hydrogen (secondary N) is 1. The first-order valence-electron chi connectivity index (χ1n) is 8.17. The van der Waals surface area contributed by atoms with Crippen LogP contribution in [0.1, 0.15) is 23.3 Å². The van der Waals surface area contributed by atoms with Crippen LogP contribution in [-0.2, 0) is 11.4 Å². The second-order valence-electron chi connectivity index (χ2n) is 5.90. The molecule has 1 aromatic heterocycles. The van der Waals surface area contributed by atoms with Crippen LogP contribution in [0.25, 0.3) is 0 Å². The molecule has 1 fully saturated rings. The van der Waals surface area contributed by atoms with E-state index in [0.717, 1.165) is 0 Å². The molecule has 1 aromatic carbocycles. The van der Waals surface area contributed by atoms with Crippen molar-refractivity contribution in [3.63, 3.8) is 0 Å². The van der Waals surface area contributed by atoms with Gasteiger partial charge in [0, 0.05) is 19.2 Å². The molecule has 0 unspecified atom stereocenters. The van der Waals surface area contributed by atoms with Crippen LogP contribution in [0.3, 0.4) is 0 Å². The number of oxazole rings is 1. The number of benzene rings is 1. The van der Waals surface area contributed by atoms with E-state index in [4.69, 9.17) is 18.6 Å². The summed E-state index contributed by atoms with van der Waals surface area (Å²) in [5, 5.41) is 2.71. The lowest BCUT2D eigenvalue weighted by molar-refractivity contribution is -0.127. The van der Waals surface area contributed by atoms with Gasteiger partial charge in [-0.3, -0.25) is 9.59 Å². The van der Waals surface area contributed by atoms with Gasteiger partial charge in [0.1, 0.15) is 18.1 Å². The minimum atomic E-state index is -0.540. The number of piperazine rings is 1. The molecule has 26 heavy (non-hydrogen) atoms. The van der Waals surface area contributed by atoms with E-state index >= 15 is 0 Å². The van der Waals surface area contributed by atoms with Gasteiger partial charge in [-0.05, 0) is 19.1 Å². The van der Waals surface area contributed by atoms with Crippen LogP contribution in [0.15, 0.2) is 28.9 Å². The summed E-state index contributed by atoms with van der Waals surface area (Å²) in [6.07, 6.45) is 1.28. The van der Waals surface area contributed by atoms with Crippen molar-refractivity contribution in [3.05, 3.63) is 36.0 Å². The molecule has 1 N–H and O–H groups in total. The average Bonchev–Trinajstić information content (AvgIpc) is 3.30. The van der Waals surface area contributed by atoms with Gasteiger partial charge in [-0.15, -0.1) is 0 Å². The fourth-order valence-electron chi connectivity index (χ4n) is 2.79. The van der Waals surface area contributed by atoms with E-state index in [1.165, 1.54) is 11.2 Å². The molecule has 0 bridgehead atoms. The Morgan fingerprint density at radius 3 is 3.12 bits per heavy atom. The molecule has 9 heteroatoms. The van der Waals surface area contributed by atoms with Crippen molar-refractivity contribution < 1.29 is 28.2 Å². The van der Waals surface area contributed by atoms with Crippen molar-refractivity contribution in [2.24, 2.45) is 0 Å². The van der Waals surface area contributed by atoms with Gasteiger partial charge in [-0.1, -0.05) is 0 Å². The predicted octanol–water partition coefficient (Wildman–Crippen LogP) is 0.943. The highest BCUT2D eigenvalue weighted by molar-refractivity contribution is 5.96. The van der Waals surface area contributed by atoms with Crippen molar-refractivity contribution in [1.82, 2.24) is 15.2 Å². The van der Waals surface area contributed by atoms with E-state index in [2.05, 4.69) is 10.3 Å². The molecule has 9 nitrogen and oxygen atoms in total. The van der Waals surface area contributed by atoms with Crippen molar-refractivity contribution in [2.45, 2.75) is 19.6 Å². The van der Waals surface area contributed by atoms with E-state index < -0.39 is 6.04 Å². The minimum Gasteiger partial charge on any atom is -0.484 e. The Labute approximate surface area is 148 Å². The number of ether oxygens (including phenoxy) is 3. The zero-order valence-corrected chi connectivity index (χ0v) is 14.1. The Kier molecular flexibility index (Phi) is 4.11. The normalized spacial score (nSPS) is 18.6. The molecule has 0 aliphatic carbocycles. The van der Waals surface area contributed by atoms with Gasteiger partial charge in [0.2, 0.25) is 18.6 Å². The third kappa shape index (κ3) is 3.03. The second kappa shape index (κ2) is 6.58. The predicted molar refractivity (Wildman–Crippen MR) is 86.9 cm³/mol. The summed E-state index contributed by atoms with van der Waals surface area (Å²) in [6.45, 7) is 2.78. The number of carbonyl (C=O) groups is 2. The van der Waals surface area contributed by atoms with Crippen LogP contribution in [-0.4, -0.2) is 47.6 Å². The highest BCUT2D eigenvalue weighted by Gasteiger charge is 2.31. The van der Waals surface area contributed by atoms with Crippen LogP contribution in [0.2, 0.25) is 0 Å². The Bertz CT molecular complexity index is 849. The molecular weight excluding hydrogens is 342 g/mol. The van der Waals surface area contributed by atoms with E-state index in [-0.39, 0.29) is 36.8 Å². The average molecular weight is 359 g/mol. The van der Waals surface area contributed by atoms with Crippen LogP contribution in [0.5, 0.6) is 17.2 Å². The summed E-state index contributed by atoms with van der Waals surface area (Å²) in [6, 6.07) is 4.67. The Morgan fingerprint density at radius 2 is 2.23 bits per heavy atom. The van der Waals surface area contributed by atoms with Gasteiger partial charge in [0.15, 0.2) is 23.8 Å². The van der Waals surface area contributed by atoms with Gasteiger partial charge in [0.25, 0.3) is 5.91 Å². The van der Waals surface area contributed by atoms with Crippen LogP contribution < -0.4 is 19.5 Å². The van der Waals surface area contributed by atoms with Gasteiger partial charge in [-0.25, -0.2) is 4.98 Å². The number of hydrogen-bond acceptors (Lipinski definition) is 7. The Balaban J connectivity index is 1.40. The molecular formula is C17H17N3O6. The maximum atomic E-state index is 12.5. The first kappa shape index (κ1) is 16.2. The second-order valence-corrected chi connectivity index (χ2v) is 5.90. The SMILES string of the molecule is C[C@@H]1C(=O)NCCN1C(=O)c1coc(COc2ccc3c(c2)OCO3)n1. The van der Waals surface area contributed by atoms with E-state index in [9.17, 15) is 9.59 Å². The van der Waals surface area contributed by atoms with Crippen LogP contribution in [0.4, 0.5) is 0 Å². The lowest BCUT2D eigenvalue weighted by Crippen LogP contribution is -2.55. The van der Waals surface area contributed by atoms with E-state index in [0.29, 0.717) is 30.3 Å². The molecule has 0 spiro atoms. The molecule has 1 atom stereocenters. The smallest absolute Gasteiger partial charge is 0.276 e. The molecule has 2 aliphatic rings. The number of carbonyl (C=O) groups excluding carboxylic acids is 2. The third-order valence-corrected chi connectivity index (χ3v) is 4.24. The molecule has 1 saturated heterocycles. The van der Waals surface area contributed by atoms with E-state index in [1.807, 2.05) is 0 Å². The van der Waals surface area contributed by atoms with Crippen molar-refractivity contribution in [2.75, 3.05) is 19.9 Å². The summed E-state index contributed by atoms with van der Waals surface area (Å²) in [5.41, 5.74) is 0.149. The number of nitrogens with zero attached hydrogens (tertiary/aromatic N) is 2. The lowest BCUT2D eigenvalue weighted by atomic mass is 10.2. The minimum absolute atomic E-state index is 0.0585. The third-order valence-electron chi connectivity index (χ3n) is 4.24. The molecule has 3 heterocycles. The number of hydrogen-bond donors (Lipinski definition) is 1. The number of aromatic nitrogens is 1. The first-order chi connectivity index (χ1) is 12.6.